The van der Waals surface area contributed by atoms with Crippen LogP contribution in [-0.2, 0) is 4.79 Å². The molecule has 0 fully saturated rings. The van der Waals surface area contributed by atoms with Crippen LogP contribution in [0.3, 0.4) is 0 Å². The summed E-state index contributed by atoms with van der Waals surface area (Å²) in [7, 11) is 0. The minimum atomic E-state index is -0.378. The van der Waals surface area contributed by atoms with Gasteiger partial charge >= 0.3 is 0 Å². The summed E-state index contributed by atoms with van der Waals surface area (Å²) in [6.07, 6.45) is 9.00. The van der Waals surface area contributed by atoms with Crippen molar-refractivity contribution in [1.29, 1.82) is 5.26 Å². The Morgan fingerprint density at radius 2 is 1.70 bits per heavy atom. The molecule has 0 saturated heterocycles. The second-order valence-corrected chi connectivity index (χ2v) is 7.46. The zero-order valence-corrected chi connectivity index (χ0v) is 18.1. The molecule has 0 aromatic heterocycles. The molecular weight excluding hydrogens is 372 g/mol. The summed E-state index contributed by atoms with van der Waals surface area (Å²) < 4.78 is 5.78. The van der Waals surface area contributed by atoms with Crippen LogP contribution in [-0.4, -0.2) is 12.5 Å². The number of hydrogen-bond donors (Lipinski definition) is 1. The molecular formula is C26H32N2O2. The lowest BCUT2D eigenvalue weighted by molar-refractivity contribution is -0.117. The second kappa shape index (κ2) is 13.2. The Morgan fingerprint density at radius 1 is 1.03 bits per heavy atom. The van der Waals surface area contributed by atoms with Crippen molar-refractivity contribution >= 4 is 12.0 Å². The van der Waals surface area contributed by atoms with Crippen LogP contribution >= 0.6 is 0 Å². The maximum Gasteiger partial charge on any atom is 0.262 e. The van der Waals surface area contributed by atoms with Gasteiger partial charge in [-0.1, -0.05) is 81.5 Å². The van der Waals surface area contributed by atoms with E-state index in [1.54, 1.807) is 6.08 Å². The van der Waals surface area contributed by atoms with Crippen LogP contribution in [0.2, 0.25) is 0 Å². The predicted octanol–water partition coefficient (Wildman–Crippen LogP) is 6.21. The molecule has 0 saturated carbocycles. The van der Waals surface area contributed by atoms with Gasteiger partial charge in [-0.3, -0.25) is 4.79 Å². The molecule has 30 heavy (non-hydrogen) atoms. The summed E-state index contributed by atoms with van der Waals surface area (Å²) in [6.45, 7) is 4.84. The van der Waals surface area contributed by atoms with E-state index in [-0.39, 0.29) is 17.5 Å². The number of carbonyl (C=O) groups is 1. The molecule has 1 atom stereocenters. The second-order valence-electron chi connectivity index (χ2n) is 7.46. The Morgan fingerprint density at radius 3 is 2.37 bits per heavy atom. The summed E-state index contributed by atoms with van der Waals surface area (Å²) in [5.74, 6) is 0.429. The number of rotatable bonds is 12. The number of nitriles is 1. The maximum atomic E-state index is 12.5. The van der Waals surface area contributed by atoms with Crippen LogP contribution in [0.5, 0.6) is 5.75 Å². The fourth-order valence-corrected chi connectivity index (χ4v) is 3.15. The Hall–Kier alpha value is -3.06. The minimum absolute atomic E-state index is 0.0820. The first-order valence-electron chi connectivity index (χ1n) is 10.8. The first-order chi connectivity index (χ1) is 14.6. The summed E-state index contributed by atoms with van der Waals surface area (Å²) in [4.78, 5) is 12.5. The number of nitrogens with one attached hydrogen (secondary N) is 1. The highest BCUT2D eigenvalue weighted by Gasteiger charge is 2.13. The van der Waals surface area contributed by atoms with Crippen LogP contribution in [0.25, 0.3) is 6.08 Å². The van der Waals surface area contributed by atoms with Gasteiger partial charge in [0.15, 0.2) is 0 Å². The van der Waals surface area contributed by atoms with Crippen molar-refractivity contribution in [2.24, 2.45) is 0 Å². The molecule has 2 aromatic carbocycles. The molecule has 0 heterocycles. The van der Waals surface area contributed by atoms with Gasteiger partial charge in [-0.2, -0.15) is 5.26 Å². The lowest BCUT2D eigenvalue weighted by Crippen LogP contribution is -2.27. The zero-order chi connectivity index (χ0) is 21.6. The van der Waals surface area contributed by atoms with E-state index in [9.17, 15) is 10.1 Å². The molecule has 0 bridgehead atoms. The van der Waals surface area contributed by atoms with Gasteiger partial charge in [-0.15, -0.1) is 0 Å². The lowest BCUT2D eigenvalue weighted by Gasteiger charge is -2.13. The Balaban J connectivity index is 1.85. The van der Waals surface area contributed by atoms with Crippen molar-refractivity contribution in [2.75, 3.05) is 6.61 Å². The van der Waals surface area contributed by atoms with Gasteiger partial charge in [-0.05, 0) is 42.7 Å². The number of hydrogen-bond acceptors (Lipinski definition) is 3. The molecule has 2 rings (SSSR count). The number of benzene rings is 2. The summed E-state index contributed by atoms with van der Waals surface area (Å²) in [5, 5.41) is 12.3. The average Bonchev–Trinajstić information content (AvgIpc) is 2.78. The van der Waals surface area contributed by atoms with Crippen molar-refractivity contribution < 1.29 is 9.53 Å². The largest absolute Gasteiger partial charge is 0.494 e. The SMILES string of the molecule is CCCCCCCCOc1ccc(C=C(C#N)C(=O)NC(C)c2ccccc2)cc1. The highest BCUT2D eigenvalue weighted by Crippen LogP contribution is 2.17. The Labute approximate surface area is 180 Å². The normalized spacial score (nSPS) is 12.1. The fraction of sp³-hybridized carbons (Fsp3) is 0.385. The van der Waals surface area contributed by atoms with E-state index < -0.39 is 0 Å². The predicted molar refractivity (Wildman–Crippen MR) is 122 cm³/mol. The van der Waals surface area contributed by atoms with Gasteiger partial charge in [0.05, 0.1) is 12.6 Å². The molecule has 0 spiro atoms. The van der Waals surface area contributed by atoms with Crippen molar-refractivity contribution in [3.05, 3.63) is 71.3 Å². The zero-order valence-electron chi connectivity index (χ0n) is 18.1. The third-order valence-corrected chi connectivity index (χ3v) is 4.97. The lowest BCUT2D eigenvalue weighted by atomic mass is 10.1. The summed E-state index contributed by atoms with van der Waals surface area (Å²) in [5.41, 5.74) is 1.87. The van der Waals surface area contributed by atoms with Crippen molar-refractivity contribution in [3.63, 3.8) is 0 Å². The number of carbonyl (C=O) groups excluding carboxylic acids is 1. The topological polar surface area (TPSA) is 62.1 Å². The molecule has 2 aromatic rings. The van der Waals surface area contributed by atoms with Gasteiger partial charge in [0.25, 0.3) is 5.91 Å². The van der Waals surface area contributed by atoms with E-state index in [1.165, 1.54) is 32.1 Å². The molecule has 0 aliphatic carbocycles. The number of ether oxygens (including phenoxy) is 1. The Kier molecular flexibility index (Phi) is 10.2. The smallest absolute Gasteiger partial charge is 0.262 e. The van der Waals surface area contributed by atoms with Crippen LogP contribution in [0.15, 0.2) is 60.2 Å². The first kappa shape index (κ1) is 23.2. The van der Waals surface area contributed by atoms with Crippen LogP contribution in [0.4, 0.5) is 0 Å². The summed E-state index contributed by atoms with van der Waals surface area (Å²) in [6, 6.07) is 19.0. The van der Waals surface area contributed by atoms with Gasteiger partial charge in [0, 0.05) is 0 Å². The molecule has 4 nitrogen and oxygen atoms in total. The summed E-state index contributed by atoms with van der Waals surface area (Å²) >= 11 is 0. The molecule has 0 aliphatic heterocycles. The molecule has 4 heteroatoms. The van der Waals surface area contributed by atoms with Crippen molar-refractivity contribution in [2.45, 2.75) is 58.4 Å². The van der Waals surface area contributed by atoms with Crippen LogP contribution in [0.1, 0.15) is 69.5 Å². The van der Waals surface area contributed by atoms with E-state index in [2.05, 4.69) is 12.2 Å². The average molecular weight is 405 g/mol. The number of nitrogens with zero attached hydrogens (tertiary/aromatic N) is 1. The highest BCUT2D eigenvalue weighted by atomic mass is 16.5. The third kappa shape index (κ3) is 8.13. The van der Waals surface area contributed by atoms with E-state index in [0.717, 1.165) is 23.3 Å². The maximum absolute atomic E-state index is 12.5. The molecule has 1 amide bonds. The van der Waals surface area contributed by atoms with Crippen molar-refractivity contribution in [1.82, 2.24) is 5.32 Å². The van der Waals surface area contributed by atoms with E-state index in [0.29, 0.717) is 6.61 Å². The number of amides is 1. The van der Waals surface area contributed by atoms with Crippen molar-refractivity contribution in [3.8, 4) is 11.8 Å². The van der Waals surface area contributed by atoms with Gasteiger partial charge in [0.2, 0.25) is 0 Å². The van der Waals surface area contributed by atoms with Crippen LogP contribution in [0, 0.1) is 11.3 Å². The first-order valence-corrected chi connectivity index (χ1v) is 10.8. The van der Waals surface area contributed by atoms with Gasteiger partial charge < -0.3 is 10.1 Å². The fourth-order valence-electron chi connectivity index (χ4n) is 3.15. The monoisotopic (exact) mass is 404 g/mol. The standard InChI is InChI=1S/C26H32N2O2/c1-3-4-5-6-7-11-18-30-25-16-14-22(15-17-25)19-24(20-27)26(29)28-21(2)23-12-9-8-10-13-23/h8-10,12-17,19,21H,3-7,11,18H2,1-2H3,(H,28,29). The molecule has 0 radical (unpaired) electrons. The van der Waals surface area contributed by atoms with E-state index in [1.807, 2.05) is 67.6 Å². The minimum Gasteiger partial charge on any atom is -0.494 e. The number of unbranched alkanes of at least 4 members (excludes halogenated alkanes) is 5. The van der Waals surface area contributed by atoms with Gasteiger partial charge in [0.1, 0.15) is 17.4 Å². The molecule has 1 unspecified atom stereocenters. The van der Waals surface area contributed by atoms with E-state index >= 15 is 0 Å². The Bertz CT molecular complexity index is 836. The molecule has 0 aliphatic rings. The quantitative estimate of drug-likeness (QED) is 0.260. The molecule has 158 valence electrons. The van der Waals surface area contributed by atoms with E-state index in [4.69, 9.17) is 4.74 Å². The van der Waals surface area contributed by atoms with Gasteiger partial charge in [-0.25, -0.2) is 0 Å². The third-order valence-electron chi connectivity index (χ3n) is 4.97. The highest BCUT2D eigenvalue weighted by molar-refractivity contribution is 6.01. The molecule has 1 N–H and O–H groups in total. The van der Waals surface area contributed by atoms with Crippen LogP contribution < -0.4 is 10.1 Å².